The smallest absolute Gasteiger partial charge is 0.123 e. The van der Waals surface area contributed by atoms with E-state index in [0.29, 0.717) is 6.61 Å². The number of nitrogens with one attached hydrogen (secondary N) is 1. The van der Waals surface area contributed by atoms with Crippen LogP contribution in [-0.4, -0.2) is 0 Å². The molecule has 0 bridgehead atoms. The number of rotatable bonds is 7. The van der Waals surface area contributed by atoms with Crippen molar-refractivity contribution in [2.45, 2.75) is 19.7 Å². The van der Waals surface area contributed by atoms with Gasteiger partial charge in [-0.3, -0.25) is 0 Å². The van der Waals surface area contributed by atoms with Gasteiger partial charge in [0, 0.05) is 13.1 Å². The Balaban J connectivity index is 1.45. The fraction of sp³-hybridized carbons (Fsp3) is 0.143. The maximum absolute atomic E-state index is 12.9. The molecule has 0 saturated heterocycles. The molecule has 3 aromatic carbocycles. The predicted octanol–water partition coefficient (Wildman–Crippen LogP) is 4.69. The number of benzene rings is 3. The van der Waals surface area contributed by atoms with Crippen LogP contribution in [0.2, 0.25) is 0 Å². The summed E-state index contributed by atoms with van der Waals surface area (Å²) in [5.41, 5.74) is 3.43. The Bertz CT molecular complexity index is 739. The zero-order valence-corrected chi connectivity index (χ0v) is 13.4. The number of ether oxygens (including phenoxy) is 1. The molecule has 3 heteroatoms. The van der Waals surface area contributed by atoms with Gasteiger partial charge in [-0.15, -0.1) is 0 Å². The van der Waals surface area contributed by atoms with E-state index in [1.54, 1.807) is 12.1 Å². The molecule has 0 amide bonds. The zero-order valence-electron chi connectivity index (χ0n) is 13.4. The van der Waals surface area contributed by atoms with Crippen molar-refractivity contribution in [1.29, 1.82) is 0 Å². The minimum absolute atomic E-state index is 0.230. The first-order valence-corrected chi connectivity index (χ1v) is 8.00. The van der Waals surface area contributed by atoms with Gasteiger partial charge in [0.1, 0.15) is 18.2 Å². The number of hydrogen-bond acceptors (Lipinski definition) is 2. The van der Waals surface area contributed by atoms with Crippen molar-refractivity contribution >= 4 is 0 Å². The second kappa shape index (κ2) is 8.27. The molecule has 0 heterocycles. The summed E-state index contributed by atoms with van der Waals surface area (Å²) in [7, 11) is 0. The van der Waals surface area contributed by atoms with Gasteiger partial charge < -0.3 is 10.1 Å². The van der Waals surface area contributed by atoms with Crippen LogP contribution >= 0.6 is 0 Å². The highest BCUT2D eigenvalue weighted by molar-refractivity contribution is 5.28. The summed E-state index contributed by atoms with van der Waals surface area (Å²) in [4.78, 5) is 0. The molecule has 0 spiro atoms. The molecule has 0 aliphatic carbocycles. The molecular formula is C21H20FNO. The summed E-state index contributed by atoms with van der Waals surface area (Å²) in [5.74, 6) is 0.581. The fourth-order valence-corrected chi connectivity index (χ4v) is 2.40. The molecule has 1 N–H and O–H groups in total. The summed E-state index contributed by atoms with van der Waals surface area (Å²) >= 11 is 0. The Kier molecular flexibility index (Phi) is 5.59. The maximum Gasteiger partial charge on any atom is 0.123 e. The molecule has 0 fully saturated rings. The van der Waals surface area contributed by atoms with E-state index in [1.807, 2.05) is 30.3 Å². The minimum atomic E-state index is -0.230. The van der Waals surface area contributed by atoms with Gasteiger partial charge >= 0.3 is 0 Å². The maximum atomic E-state index is 12.9. The molecular weight excluding hydrogens is 301 g/mol. The fourth-order valence-electron chi connectivity index (χ4n) is 2.40. The molecule has 122 valence electrons. The lowest BCUT2D eigenvalue weighted by atomic mass is 10.2. The summed E-state index contributed by atoms with van der Waals surface area (Å²) in [6.45, 7) is 2.10. The second-order valence-electron chi connectivity index (χ2n) is 5.65. The van der Waals surface area contributed by atoms with E-state index in [9.17, 15) is 4.39 Å². The van der Waals surface area contributed by atoms with Crippen LogP contribution in [0.3, 0.4) is 0 Å². The first kappa shape index (κ1) is 16.2. The van der Waals surface area contributed by atoms with Gasteiger partial charge in [0.25, 0.3) is 0 Å². The van der Waals surface area contributed by atoms with Gasteiger partial charge in [0.05, 0.1) is 0 Å². The van der Waals surface area contributed by atoms with Crippen molar-refractivity contribution < 1.29 is 9.13 Å². The number of hydrogen-bond donors (Lipinski definition) is 1. The number of halogens is 1. The monoisotopic (exact) mass is 321 g/mol. The quantitative estimate of drug-likeness (QED) is 0.681. The highest BCUT2D eigenvalue weighted by Crippen LogP contribution is 2.14. The van der Waals surface area contributed by atoms with Crippen LogP contribution in [0.5, 0.6) is 5.75 Å². The van der Waals surface area contributed by atoms with Gasteiger partial charge in [-0.25, -0.2) is 4.39 Å². The highest BCUT2D eigenvalue weighted by Gasteiger charge is 1.99. The molecule has 0 aliphatic rings. The Morgan fingerprint density at radius 2 is 1.25 bits per heavy atom. The third kappa shape index (κ3) is 4.93. The molecule has 0 unspecified atom stereocenters. The lowest BCUT2D eigenvalue weighted by Gasteiger charge is -2.08. The van der Waals surface area contributed by atoms with E-state index in [1.165, 1.54) is 23.3 Å². The standard InChI is InChI=1S/C21H20FNO/c22-20-10-6-19(7-11-20)16-24-21-12-8-18(9-13-21)15-23-14-17-4-2-1-3-5-17/h1-13,23H,14-16H2. The van der Waals surface area contributed by atoms with Crippen LogP contribution < -0.4 is 10.1 Å². The van der Waals surface area contributed by atoms with Crippen LogP contribution in [-0.2, 0) is 19.7 Å². The normalized spacial score (nSPS) is 10.5. The Hall–Kier alpha value is -2.65. The van der Waals surface area contributed by atoms with E-state index >= 15 is 0 Å². The van der Waals surface area contributed by atoms with E-state index in [4.69, 9.17) is 4.74 Å². The van der Waals surface area contributed by atoms with Gasteiger partial charge in [-0.05, 0) is 41.0 Å². The largest absolute Gasteiger partial charge is 0.489 e. The first-order valence-electron chi connectivity index (χ1n) is 8.00. The SMILES string of the molecule is Fc1ccc(COc2ccc(CNCc3ccccc3)cc2)cc1. The van der Waals surface area contributed by atoms with Gasteiger partial charge in [-0.2, -0.15) is 0 Å². The van der Waals surface area contributed by atoms with E-state index in [-0.39, 0.29) is 5.82 Å². The predicted molar refractivity (Wildman–Crippen MR) is 94.2 cm³/mol. The van der Waals surface area contributed by atoms with Crippen molar-refractivity contribution in [3.8, 4) is 5.75 Å². The molecule has 0 aliphatic heterocycles. The van der Waals surface area contributed by atoms with Crippen molar-refractivity contribution in [2.75, 3.05) is 0 Å². The molecule has 0 aromatic heterocycles. The summed E-state index contributed by atoms with van der Waals surface area (Å²) in [5, 5.41) is 3.42. The van der Waals surface area contributed by atoms with Crippen molar-refractivity contribution in [2.24, 2.45) is 0 Å². The van der Waals surface area contributed by atoms with E-state index in [2.05, 4.69) is 29.6 Å². The van der Waals surface area contributed by atoms with Gasteiger partial charge in [-0.1, -0.05) is 54.6 Å². The van der Waals surface area contributed by atoms with Crippen LogP contribution in [0.1, 0.15) is 16.7 Å². The first-order chi connectivity index (χ1) is 11.8. The van der Waals surface area contributed by atoms with Crippen molar-refractivity contribution in [1.82, 2.24) is 5.32 Å². The zero-order chi connectivity index (χ0) is 16.6. The molecule has 0 radical (unpaired) electrons. The van der Waals surface area contributed by atoms with Crippen LogP contribution in [0.4, 0.5) is 4.39 Å². The molecule has 2 nitrogen and oxygen atoms in total. The molecule has 3 rings (SSSR count). The minimum Gasteiger partial charge on any atom is -0.489 e. The molecule has 24 heavy (non-hydrogen) atoms. The summed E-state index contributed by atoms with van der Waals surface area (Å²) in [6.07, 6.45) is 0. The van der Waals surface area contributed by atoms with Crippen molar-refractivity contribution in [3.63, 3.8) is 0 Å². The van der Waals surface area contributed by atoms with E-state index in [0.717, 1.165) is 24.4 Å². The second-order valence-corrected chi connectivity index (χ2v) is 5.65. The Morgan fingerprint density at radius 3 is 1.92 bits per heavy atom. The Labute approximate surface area is 141 Å². The summed E-state index contributed by atoms with van der Waals surface area (Å²) < 4.78 is 18.6. The topological polar surface area (TPSA) is 21.3 Å². The lowest BCUT2D eigenvalue weighted by Crippen LogP contribution is -2.12. The molecule has 0 atom stereocenters. The lowest BCUT2D eigenvalue weighted by molar-refractivity contribution is 0.306. The highest BCUT2D eigenvalue weighted by atomic mass is 19.1. The third-order valence-corrected chi connectivity index (χ3v) is 3.74. The van der Waals surface area contributed by atoms with Gasteiger partial charge in [0.2, 0.25) is 0 Å². The third-order valence-electron chi connectivity index (χ3n) is 3.74. The van der Waals surface area contributed by atoms with Crippen LogP contribution in [0.15, 0.2) is 78.9 Å². The van der Waals surface area contributed by atoms with Crippen molar-refractivity contribution in [3.05, 3.63) is 101 Å². The van der Waals surface area contributed by atoms with Crippen LogP contribution in [0.25, 0.3) is 0 Å². The van der Waals surface area contributed by atoms with Crippen LogP contribution in [0, 0.1) is 5.82 Å². The average Bonchev–Trinajstić information content (AvgIpc) is 2.63. The molecule has 0 saturated carbocycles. The van der Waals surface area contributed by atoms with E-state index < -0.39 is 0 Å². The Morgan fingerprint density at radius 1 is 0.667 bits per heavy atom. The summed E-state index contributed by atoms with van der Waals surface area (Å²) in [6, 6.07) is 24.7. The van der Waals surface area contributed by atoms with Gasteiger partial charge in [0.15, 0.2) is 0 Å². The molecule has 3 aromatic rings. The average molecular weight is 321 g/mol.